The van der Waals surface area contributed by atoms with Crippen molar-refractivity contribution >= 4 is 21.2 Å². The molecule has 0 radical (unpaired) electrons. The van der Waals surface area contributed by atoms with Gasteiger partial charge in [-0.15, -0.1) is 0 Å². The summed E-state index contributed by atoms with van der Waals surface area (Å²) >= 11 is 1.54. The molecule has 0 unspecified atom stereocenters. The van der Waals surface area contributed by atoms with Crippen molar-refractivity contribution in [2.75, 3.05) is 6.26 Å². The van der Waals surface area contributed by atoms with Gasteiger partial charge in [-0.25, -0.2) is 12.8 Å². The first-order valence-corrected chi connectivity index (χ1v) is 10.2. The van der Waals surface area contributed by atoms with Gasteiger partial charge in [0.25, 0.3) is 0 Å². The second kappa shape index (κ2) is 6.15. The fraction of sp³-hybridized carbons (Fsp3) is 0.158. The van der Waals surface area contributed by atoms with E-state index in [1.807, 2.05) is 24.6 Å². The number of sulfone groups is 1. The largest absolute Gasteiger partial charge is 0.224 e. The fourth-order valence-electron chi connectivity index (χ4n) is 2.84. The van der Waals surface area contributed by atoms with Crippen LogP contribution in [0.25, 0.3) is 22.3 Å². The predicted octanol–water partition coefficient (Wildman–Crippen LogP) is 5.24. The zero-order valence-electron chi connectivity index (χ0n) is 13.6. The van der Waals surface area contributed by atoms with Crippen molar-refractivity contribution in [1.29, 1.82) is 0 Å². The summed E-state index contributed by atoms with van der Waals surface area (Å²) in [7, 11) is -3.56. The molecular weight excluding hydrogens is 343 g/mol. The Morgan fingerprint density at radius 2 is 1.46 bits per heavy atom. The van der Waals surface area contributed by atoms with Crippen LogP contribution in [0.5, 0.6) is 0 Å². The van der Waals surface area contributed by atoms with E-state index in [1.165, 1.54) is 23.3 Å². The van der Waals surface area contributed by atoms with Gasteiger partial charge in [0.2, 0.25) is 0 Å². The molecule has 0 aliphatic rings. The van der Waals surface area contributed by atoms with E-state index in [9.17, 15) is 12.8 Å². The summed E-state index contributed by atoms with van der Waals surface area (Å²) in [5.74, 6) is -0.715. The standard InChI is InChI=1S/C19H17FO2S2/c1-12-6-13(2)8-15(7-12)17-11-23-10-16(17)14-4-5-19(18(20)9-14)24(3,21)22/h4-11H,1-3H3. The van der Waals surface area contributed by atoms with Crippen molar-refractivity contribution < 1.29 is 12.8 Å². The molecule has 0 aliphatic carbocycles. The summed E-state index contributed by atoms with van der Waals surface area (Å²) in [4.78, 5) is -0.269. The van der Waals surface area contributed by atoms with Crippen molar-refractivity contribution in [3.8, 4) is 22.3 Å². The SMILES string of the molecule is Cc1cc(C)cc(-c2cscc2-c2ccc(S(C)(=O)=O)c(F)c2)c1. The van der Waals surface area contributed by atoms with Gasteiger partial charge in [0.1, 0.15) is 10.7 Å². The van der Waals surface area contributed by atoms with Crippen molar-refractivity contribution in [3.63, 3.8) is 0 Å². The number of hydrogen-bond donors (Lipinski definition) is 0. The van der Waals surface area contributed by atoms with Crippen LogP contribution < -0.4 is 0 Å². The molecule has 124 valence electrons. The van der Waals surface area contributed by atoms with Gasteiger partial charge >= 0.3 is 0 Å². The number of aryl methyl sites for hydroxylation is 2. The highest BCUT2D eigenvalue weighted by Crippen LogP contribution is 2.37. The molecule has 0 bridgehead atoms. The summed E-state index contributed by atoms with van der Waals surface area (Å²) in [6.45, 7) is 4.09. The van der Waals surface area contributed by atoms with Gasteiger partial charge < -0.3 is 0 Å². The third-order valence-corrected chi connectivity index (χ3v) is 5.71. The Morgan fingerprint density at radius 3 is 2.00 bits per heavy atom. The molecule has 5 heteroatoms. The van der Waals surface area contributed by atoms with E-state index in [0.29, 0.717) is 5.56 Å². The molecular formula is C19H17FO2S2. The fourth-order valence-corrected chi connectivity index (χ4v) is 4.44. The van der Waals surface area contributed by atoms with Crippen LogP contribution in [0.15, 0.2) is 52.1 Å². The smallest absolute Gasteiger partial charge is 0.178 e. The van der Waals surface area contributed by atoms with Gasteiger partial charge in [-0.05, 0) is 47.9 Å². The van der Waals surface area contributed by atoms with Gasteiger partial charge in [-0.1, -0.05) is 35.4 Å². The molecule has 1 aromatic heterocycles. The lowest BCUT2D eigenvalue weighted by Gasteiger charge is -2.09. The maximum absolute atomic E-state index is 14.2. The van der Waals surface area contributed by atoms with Crippen molar-refractivity contribution in [2.24, 2.45) is 0 Å². The summed E-state index contributed by atoms with van der Waals surface area (Å²) in [6, 6.07) is 10.6. The molecule has 0 aliphatic heterocycles. The number of rotatable bonds is 3. The Hall–Kier alpha value is -1.98. The maximum atomic E-state index is 14.2. The summed E-state index contributed by atoms with van der Waals surface area (Å²) in [5.41, 5.74) is 6.02. The van der Waals surface area contributed by atoms with E-state index in [-0.39, 0.29) is 4.90 Å². The highest BCUT2D eigenvalue weighted by Gasteiger charge is 2.16. The van der Waals surface area contributed by atoms with Gasteiger partial charge in [-0.3, -0.25) is 0 Å². The molecule has 0 N–H and O–H groups in total. The molecule has 0 saturated carbocycles. The van der Waals surface area contributed by atoms with E-state index in [1.54, 1.807) is 17.4 Å². The van der Waals surface area contributed by atoms with Crippen molar-refractivity contribution in [3.05, 3.63) is 64.1 Å². The summed E-state index contributed by atoms with van der Waals surface area (Å²) in [6.07, 6.45) is 1.01. The first kappa shape index (κ1) is 16.9. The zero-order chi connectivity index (χ0) is 17.5. The van der Waals surface area contributed by atoms with E-state index < -0.39 is 15.7 Å². The first-order valence-electron chi connectivity index (χ1n) is 7.40. The molecule has 0 fully saturated rings. The lowest BCUT2D eigenvalue weighted by molar-refractivity contribution is 0.571. The van der Waals surface area contributed by atoms with Crippen LogP contribution in [0.3, 0.4) is 0 Å². The second-order valence-corrected chi connectivity index (χ2v) is 8.72. The lowest BCUT2D eigenvalue weighted by Crippen LogP contribution is -2.00. The van der Waals surface area contributed by atoms with Gasteiger partial charge in [0.05, 0.1) is 0 Å². The zero-order valence-corrected chi connectivity index (χ0v) is 15.3. The molecule has 24 heavy (non-hydrogen) atoms. The molecule has 0 atom stereocenters. The minimum Gasteiger partial charge on any atom is -0.224 e. The minimum atomic E-state index is -3.56. The van der Waals surface area contributed by atoms with E-state index in [4.69, 9.17) is 0 Å². The Kier molecular flexibility index (Phi) is 4.32. The number of benzene rings is 2. The quantitative estimate of drug-likeness (QED) is 0.640. The molecule has 2 nitrogen and oxygen atoms in total. The van der Waals surface area contributed by atoms with Crippen LogP contribution in [-0.4, -0.2) is 14.7 Å². The molecule has 3 aromatic rings. The van der Waals surface area contributed by atoms with Gasteiger partial charge in [0.15, 0.2) is 9.84 Å². The van der Waals surface area contributed by atoms with Crippen LogP contribution in [0.2, 0.25) is 0 Å². The third-order valence-electron chi connectivity index (χ3n) is 3.84. The Balaban J connectivity index is 2.13. The van der Waals surface area contributed by atoms with Gasteiger partial charge in [-0.2, -0.15) is 11.3 Å². The molecule has 3 rings (SSSR count). The molecule has 0 amide bonds. The number of halogens is 1. The number of thiophene rings is 1. The monoisotopic (exact) mass is 360 g/mol. The Labute approximate surface area is 145 Å². The number of hydrogen-bond acceptors (Lipinski definition) is 3. The average molecular weight is 360 g/mol. The topological polar surface area (TPSA) is 34.1 Å². The molecule has 1 heterocycles. The molecule has 0 saturated heterocycles. The highest BCUT2D eigenvalue weighted by molar-refractivity contribution is 7.90. The first-order chi connectivity index (χ1) is 11.3. The lowest BCUT2D eigenvalue weighted by atomic mass is 9.96. The van der Waals surface area contributed by atoms with E-state index in [0.717, 1.165) is 22.9 Å². The normalized spacial score (nSPS) is 11.7. The van der Waals surface area contributed by atoms with Crippen LogP contribution in [0, 0.1) is 19.7 Å². The molecule has 0 spiro atoms. The van der Waals surface area contributed by atoms with Crippen molar-refractivity contribution in [1.82, 2.24) is 0 Å². The Morgan fingerprint density at radius 1 is 0.875 bits per heavy atom. The predicted molar refractivity (Wildman–Crippen MR) is 97.7 cm³/mol. The highest BCUT2D eigenvalue weighted by atomic mass is 32.2. The summed E-state index contributed by atoms with van der Waals surface area (Å²) in [5, 5.41) is 3.99. The van der Waals surface area contributed by atoms with Crippen LogP contribution in [0.4, 0.5) is 4.39 Å². The van der Waals surface area contributed by atoms with E-state index in [2.05, 4.69) is 18.2 Å². The van der Waals surface area contributed by atoms with Gasteiger partial charge in [0, 0.05) is 17.4 Å². The second-order valence-electron chi connectivity index (χ2n) is 5.99. The van der Waals surface area contributed by atoms with Crippen LogP contribution >= 0.6 is 11.3 Å². The van der Waals surface area contributed by atoms with Crippen LogP contribution in [-0.2, 0) is 9.84 Å². The van der Waals surface area contributed by atoms with E-state index >= 15 is 0 Å². The maximum Gasteiger partial charge on any atom is 0.178 e. The minimum absolute atomic E-state index is 0.269. The van der Waals surface area contributed by atoms with Crippen LogP contribution in [0.1, 0.15) is 11.1 Å². The molecule has 2 aromatic carbocycles. The Bertz CT molecular complexity index is 997. The van der Waals surface area contributed by atoms with Crippen molar-refractivity contribution in [2.45, 2.75) is 18.7 Å². The summed E-state index contributed by atoms with van der Waals surface area (Å²) < 4.78 is 37.4. The average Bonchev–Trinajstić information content (AvgIpc) is 2.94. The third kappa shape index (κ3) is 3.28.